The van der Waals surface area contributed by atoms with Crippen LogP contribution in [-0.4, -0.2) is 42.5 Å². The predicted molar refractivity (Wildman–Crippen MR) is 94.1 cm³/mol. The summed E-state index contributed by atoms with van der Waals surface area (Å²) in [5.74, 6) is -0.505. The fourth-order valence-electron chi connectivity index (χ4n) is 2.81. The van der Waals surface area contributed by atoms with Crippen LogP contribution in [0.25, 0.3) is 0 Å². The smallest absolute Gasteiger partial charge is 0.315 e. The fourth-order valence-corrected chi connectivity index (χ4v) is 2.81. The molecule has 6 N–H and O–H groups in total. The van der Waals surface area contributed by atoms with E-state index in [0.29, 0.717) is 18.7 Å². The lowest BCUT2D eigenvalue weighted by Gasteiger charge is -2.27. The van der Waals surface area contributed by atoms with Crippen molar-refractivity contribution < 1.29 is 9.59 Å². The molecule has 1 heterocycles. The number of amides is 3. The summed E-state index contributed by atoms with van der Waals surface area (Å²) in [6.45, 7) is 3.24. The molecule has 0 spiro atoms. The molecule has 0 bridgehead atoms. The summed E-state index contributed by atoms with van der Waals surface area (Å²) < 4.78 is 0. The summed E-state index contributed by atoms with van der Waals surface area (Å²) in [5, 5.41) is 5.39. The van der Waals surface area contributed by atoms with Gasteiger partial charge in [0.05, 0.1) is 0 Å². The van der Waals surface area contributed by atoms with Gasteiger partial charge in [0.1, 0.15) is 6.04 Å². The van der Waals surface area contributed by atoms with E-state index in [0.717, 1.165) is 25.2 Å². The maximum atomic E-state index is 12.0. The average Bonchev–Trinajstić information content (AvgIpc) is 2.58. The van der Waals surface area contributed by atoms with Crippen LogP contribution >= 0.6 is 0 Å². The van der Waals surface area contributed by atoms with E-state index in [9.17, 15) is 9.59 Å². The summed E-state index contributed by atoms with van der Waals surface area (Å²) in [5.41, 5.74) is 12.6. The lowest BCUT2D eigenvalue weighted by atomic mass is 10.1. The van der Waals surface area contributed by atoms with Crippen molar-refractivity contribution in [3.63, 3.8) is 0 Å². The van der Waals surface area contributed by atoms with Gasteiger partial charge in [-0.25, -0.2) is 4.79 Å². The van der Waals surface area contributed by atoms with Gasteiger partial charge in [0.15, 0.2) is 0 Å². The Morgan fingerprint density at radius 2 is 1.79 bits per heavy atom. The molecule has 1 aliphatic heterocycles. The van der Waals surface area contributed by atoms with Gasteiger partial charge in [-0.15, -0.1) is 0 Å². The monoisotopic (exact) mass is 333 g/mol. The van der Waals surface area contributed by atoms with Crippen LogP contribution in [0.15, 0.2) is 24.3 Å². The number of nitrogens with zero attached hydrogens (tertiary/aromatic N) is 1. The molecule has 24 heavy (non-hydrogen) atoms. The number of anilines is 1. The van der Waals surface area contributed by atoms with Crippen LogP contribution in [0, 0.1) is 0 Å². The van der Waals surface area contributed by atoms with Gasteiger partial charge >= 0.3 is 6.03 Å². The standard InChI is InChI=1S/C17H27N5O2/c18-14-6-4-13(5-7-14)12-20-17(24)21-15(16(19)23)8-11-22-9-2-1-3-10-22/h4-7,15H,1-3,8-12,18H2,(H2,19,23)(H2,20,21,24). The Hall–Kier alpha value is -2.28. The molecule has 1 aromatic rings. The minimum absolute atomic E-state index is 0.365. The molecule has 1 saturated heterocycles. The van der Waals surface area contributed by atoms with Crippen LogP contribution in [0.1, 0.15) is 31.2 Å². The highest BCUT2D eigenvalue weighted by Crippen LogP contribution is 2.09. The molecule has 1 unspecified atom stereocenters. The third-order valence-electron chi connectivity index (χ3n) is 4.26. The molecule has 7 heteroatoms. The molecule has 1 aliphatic rings. The number of nitrogens with two attached hydrogens (primary N) is 2. The van der Waals surface area contributed by atoms with Crippen LogP contribution in [0.3, 0.4) is 0 Å². The second kappa shape index (κ2) is 9.12. The van der Waals surface area contributed by atoms with E-state index >= 15 is 0 Å². The molecule has 2 rings (SSSR count). The van der Waals surface area contributed by atoms with E-state index in [1.54, 1.807) is 12.1 Å². The zero-order valence-corrected chi connectivity index (χ0v) is 14.0. The molecule has 1 fully saturated rings. The Bertz CT molecular complexity index is 540. The second-order valence-corrected chi connectivity index (χ2v) is 6.21. The largest absolute Gasteiger partial charge is 0.399 e. The molecule has 0 radical (unpaired) electrons. The molecular weight excluding hydrogens is 306 g/mol. The van der Waals surface area contributed by atoms with E-state index in [4.69, 9.17) is 11.5 Å². The number of rotatable bonds is 7. The summed E-state index contributed by atoms with van der Waals surface area (Å²) in [6, 6.07) is 6.20. The molecular formula is C17H27N5O2. The highest BCUT2D eigenvalue weighted by Gasteiger charge is 2.20. The highest BCUT2D eigenvalue weighted by molar-refractivity contribution is 5.85. The number of benzene rings is 1. The van der Waals surface area contributed by atoms with Crippen LogP contribution in [0.4, 0.5) is 10.5 Å². The molecule has 0 aliphatic carbocycles. The van der Waals surface area contributed by atoms with E-state index in [2.05, 4.69) is 15.5 Å². The first-order valence-electron chi connectivity index (χ1n) is 8.45. The van der Waals surface area contributed by atoms with Gasteiger partial charge in [0.25, 0.3) is 0 Å². The van der Waals surface area contributed by atoms with E-state index in [1.807, 2.05) is 12.1 Å². The zero-order valence-electron chi connectivity index (χ0n) is 14.0. The van der Waals surface area contributed by atoms with Gasteiger partial charge in [0.2, 0.25) is 5.91 Å². The number of nitrogens with one attached hydrogen (secondary N) is 2. The van der Waals surface area contributed by atoms with Crippen LogP contribution in [0.5, 0.6) is 0 Å². The van der Waals surface area contributed by atoms with Crippen molar-refractivity contribution in [1.29, 1.82) is 0 Å². The fraction of sp³-hybridized carbons (Fsp3) is 0.529. The Morgan fingerprint density at radius 3 is 2.42 bits per heavy atom. The Kier molecular flexibility index (Phi) is 6.87. The van der Waals surface area contributed by atoms with Crippen molar-refractivity contribution in [2.45, 2.75) is 38.3 Å². The Balaban J connectivity index is 1.75. The van der Waals surface area contributed by atoms with Crippen molar-refractivity contribution in [2.75, 3.05) is 25.4 Å². The molecule has 1 aromatic carbocycles. The van der Waals surface area contributed by atoms with Gasteiger partial charge in [-0.3, -0.25) is 4.79 Å². The van der Waals surface area contributed by atoms with Gasteiger partial charge in [-0.05, 0) is 50.0 Å². The quantitative estimate of drug-likeness (QED) is 0.553. The molecule has 3 amide bonds. The van der Waals surface area contributed by atoms with Crippen molar-refractivity contribution in [3.8, 4) is 0 Å². The number of nitrogen functional groups attached to an aromatic ring is 1. The van der Waals surface area contributed by atoms with Gasteiger partial charge in [-0.2, -0.15) is 0 Å². The van der Waals surface area contributed by atoms with Crippen molar-refractivity contribution in [1.82, 2.24) is 15.5 Å². The number of urea groups is 1. The van der Waals surface area contributed by atoms with E-state index in [1.165, 1.54) is 19.3 Å². The Morgan fingerprint density at radius 1 is 1.12 bits per heavy atom. The number of carbonyl (C=O) groups excluding carboxylic acids is 2. The minimum atomic E-state index is -0.654. The van der Waals surface area contributed by atoms with Crippen LogP contribution in [-0.2, 0) is 11.3 Å². The number of likely N-dealkylation sites (tertiary alicyclic amines) is 1. The minimum Gasteiger partial charge on any atom is -0.399 e. The normalized spacial score (nSPS) is 16.3. The predicted octanol–water partition coefficient (Wildman–Crippen LogP) is 0.798. The summed E-state index contributed by atoms with van der Waals surface area (Å²) >= 11 is 0. The van der Waals surface area contributed by atoms with Gasteiger partial charge < -0.3 is 27.0 Å². The molecule has 7 nitrogen and oxygen atoms in total. The maximum absolute atomic E-state index is 12.0. The van der Waals surface area contributed by atoms with Crippen LogP contribution in [0.2, 0.25) is 0 Å². The second-order valence-electron chi connectivity index (χ2n) is 6.21. The molecule has 1 atom stereocenters. The number of carbonyl (C=O) groups is 2. The first-order chi connectivity index (χ1) is 11.5. The zero-order chi connectivity index (χ0) is 17.4. The molecule has 132 valence electrons. The van der Waals surface area contributed by atoms with Crippen molar-refractivity contribution >= 4 is 17.6 Å². The first kappa shape index (κ1) is 18.1. The highest BCUT2D eigenvalue weighted by atomic mass is 16.2. The van der Waals surface area contributed by atoms with Crippen molar-refractivity contribution in [2.24, 2.45) is 5.73 Å². The SMILES string of the molecule is NC(=O)C(CCN1CCCCC1)NC(=O)NCc1ccc(N)cc1. The van der Waals surface area contributed by atoms with Crippen LogP contribution < -0.4 is 22.1 Å². The third kappa shape index (κ3) is 6.08. The van der Waals surface area contributed by atoms with Gasteiger partial charge in [0, 0.05) is 18.8 Å². The van der Waals surface area contributed by atoms with Crippen molar-refractivity contribution in [3.05, 3.63) is 29.8 Å². The Labute approximate surface area is 142 Å². The summed E-state index contributed by atoms with van der Waals surface area (Å²) in [7, 11) is 0. The lowest BCUT2D eigenvalue weighted by molar-refractivity contribution is -0.120. The first-order valence-corrected chi connectivity index (χ1v) is 8.45. The number of hydrogen-bond acceptors (Lipinski definition) is 4. The average molecular weight is 333 g/mol. The number of primary amides is 1. The maximum Gasteiger partial charge on any atom is 0.315 e. The number of piperidine rings is 1. The lowest BCUT2D eigenvalue weighted by Crippen LogP contribution is -2.49. The van der Waals surface area contributed by atoms with E-state index < -0.39 is 18.0 Å². The molecule has 0 aromatic heterocycles. The third-order valence-corrected chi connectivity index (χ3v) is 4.26. The van der Waals surface area contributed by atoms with Gasteiger partial charge in [-0.1, -0.05) is 18.6 Å². The summed E-state index contributed by atoms with van der Waals surface area (Å²) in [6.07, 6.45) is 4.18. The summed E-state index contributed by atoms with van der Waals surface area (Å²) in [4.78, 5) is 25.9. The molecule has 0 saturated carbocycles. The number of hydrogen-bond donors (Lipinski definition) is 4. The van der Waals surface area contributed by atoms with E-state index in [-0.39, 0.29) is 0 Å². The topological polar surface area (TPSA) is 113 Å².